The Morgan fingerprint density at radius 2 is 0.846 bits per heavy atom. The van der Waals surface area contributed by atoms with Crippen molar-refractivity contribution in [2.24, 2.45) is 5.41 Å². The van der Waals surface area contributed by atoms with Crippen LogP contribution < -0.4 is 4.67 Å². The molecule has 0 saturated heterocycles. The zero-order valence-corrected chi connectivity index (χ0v) is 38.0. The van der Waals surface area contributed by atoms with E-state index in [0.29, 0.717) is 6.04 Å². The molecule has 2 aromatic carbocycles. The molecule has 3 nitrogen and oxygen atoms in total. The van der Waals surface area contributed by atoms with E-state index in [1.54, 1.807) is 0 Å². The number of benzene rings is 2. The van der Waals surface area contributed by atoms with Crippen molar-refractivity contribution in [1.29, 1.82) is 0 Å². The van der Waals surface area contributed by atoms with Gasteiger partial charge < -0.3 is 8.39 Å². The fourth-order valence-electron chi connectivity index (χ4n) is 8.71. The van der Waals surface area contributed by atoms with Crippen LogP contribution in [0.4, 0.5) is 0 Å². The molecule has 0 amide bonds. The second-order valence-electron chi connectivity index (χ2n) is 22.5. The Morgan fingerprint density at radius 3 is 1.15 bits per heavy atom. The molecule has 0 spiro atoms. The fourth-order valence-corrected chi connectivity index (χ4v) is 10.6. The quantitative estimate of drug-likeness (QED) is 0.267. The highest BCUT2D eigenvalue weighted by atomic mass is 31.1. The lowest BCUT2D eigenvalue weighted by Gasteiger charge is -2.44. The highest BCUT2D eigenvalue weighted by Crippen LogP contribution is 2.50. The Kier molecular flexibility index (Phi) is 13.1. The minimum absolute atomic E-state index is 0.0179. The van der Waals surface area contributed by atoms with E-state index in [1.165, 1.54) is 104 Å². The Balaban J connectivity index is 2.27. The molecule has 1 aliphatic rings. The first-order chi connectivity index (χ1) is 23.7. The predicted octanol–water partition coefficient (Wildman–Crippen LogP) is 16.3. The third-order valence-electron chi connectivity index (χ3n) is 11.3. The zero-order chi connectivity index (χ0) is 39.1. The van der Waals surface area contributed by atoms with Crippen LogP contribution in [0.25, 0.3) is 21.9 Å². The van der Waals surface area contributed by atoms with E-state index < -0.39 is 8.16 Å². The normalized spacial score (nSPS) is 17.4. The maximum Gasteiger partial charge on any atom is 0.310 e. The maximum atomic E-state index is 7.72. The van der Waals surface area contributed by atoms with Crippen molar-refractivity contribution in [3.05, 3.63) is 46.5 Å². The summed E-state index contributed by atoms with van der Waals surface area (Å²) in [5, 5.41) is 2.39. The summed E-state index contributed by atoms with van der Waals surface area (Å²) in [6.07, 6.45) is 15.5. The summed E-state index contributed by atoms with van der Waals surface area (Å²) >= 11 is 0. The van der Waals surface area contributed by atoms with Crippen molar-refractivity contribution < 1.29 is 8.39 Å². The minimum Gasteiger partial charge on any atom is -0.407 e. The fraction of sp³-hybridized carbons (Fsp3) is 0.750. The van der Waals surface area contributed by atoms with Gasteiger partial charge in [-0.25, -0.2) is 0 Å². The molecule has 1 aliphatic carbocycles. The van der Waals surface area contributed by atoms with Crippen LogP contribution in [0.3, 0.4) is 0 Å². The molecule has 3 aromatic rings. The number of hydrogen-bond donors (Lipinski definition) is 0. The van der Waals surface area contributed by atoms with Gasteiger partial charge in [0.25, 0.3) is 0 Å². The van der Waals surface area contributed by atoms with Gasteiger partial charge in [0.05, 0.1) is 0 Å². The second kappa shape index (κ2) is 15.8. The van der Waals surface area contributed by atoms with Gasteiger partial charge >= 0.3 is 8.16 Å². The van der Waals surface area contributed by atoms with E-state index in [1.807, 2.05) is 0 Å². The van der Waals surface area contributed by atoms with Gasteiger partial charge in [0.1, 0.15) is 11.2 Å². The Labute approximate surface area is 322 Å². The average molecular weight is 734 g/mol. The van der Waals surface area contributed by atoms with Crippen LogP contribution in [0.2, 0.25) is 0 Å². The van der Waals surface area contributed by atoms with Gasteiger partial charge in [-0.3, -0.25) is 0 Å². The minimum atomic E-state index is -1.52. The van der Waals surface area contributed by atoms with Crippen LogP contribution in [0.15, 0.2) is 32.7 Å². The molecule has 1 fully saturated rings. The first kappa shape index (κ1) is 43.0. The molecule has 0 aliphatic heterocycles. The summed E-state index contributed by atoms with van der Waals surface area (Å²) in [6.45, 7) is 40.4. The molecule has 4 heteroatoms. The third kappa shape index (κ3) is 10.7. The van der Waals surface area contributed by atoms with Gasteiger partial charge in [0.15, 0.2) is 0 Å². The SMILES string of the molecule is CC(C)(C)CC(C)(C)N(C1CCCCCCCCCCC1)p1oc2c(C(C)(C)C)cc(C(C)(C)C)cc2c2cc(C(C)(C)C)cc(C(C)(C)C)c2o1. The van der Waals surface area contributed by atoms with Gasteiger partial charge in [-0.1, -0.05) is 174 Å². The summed E-state index contributed by atoms with van der Waals surface area (Å²) < 4.78 is 18.2. The van der Waals surface area contributed by atoms with Crippen molar-refractivity contribution in [2.75, 3.05) is 4.67 Å². The van der Waals surface area contributed by atoms with Crippen LogP contribution in [0.1, 0.15) is 217 Å². The molecular weight excluding hydrogens is 654 g/mol. The molecule has 4 rings (SSSR count). The lowest BCUT2D eigenvalue weighted by atomic mass is 9.77. The Bertz CT molecular complexity index is 1590. The molecule has 1 aromatic heterocycles. The van der Waals surface area contributed by atoms with Gasteiger partial charge in [0.2, 0.25) is 0 Å². The van der Waals surface area contributed by atoms with Crippen molar-refractivity contribution in [3.8, 4) is 0 Å². The summed E-state index contributed by atoms with van der Waals surface area (Å²) in [5.74, 6) is 0. The van der Waals surface area contributed by atoms with E-state index >= 15 is 0 Å². The summed E-state index contributed by atoms with van der Waals surface area (Å²) in [5.41, 5.74) is 7.05. The van der Waals surface area contributed by atoms with E-state index in [4.69, 9.17) is 8.39 Å². The van der Waals surface area contributed by atoms with Crippen molar-refractivity contribution in [3.63, 3.8) is 0 Å². The molecule has 0 N–H and O–H groups in total. The average Bonchev–Trinajstić information content (AvgIpc) is 3.10. The smallest absolute Gasteiger partial charge is 0.310 e. The van der Waals surface area contributed by atoms with Gasteiger partial charge in [-0.2, -0.15) is 4.67 Å². The molecule has 52 heavy (non-hydrogen) atoms. The predicted molar refractivity (Wildman–Crippen MR) is 232 cm³/mol. The van der Waals surface area contributed by atoms with E-state index in [-0.39, 0.29) is 32.6 Å². The van der Waals surface area contributed by atoms with Crippen LogP contribution in [0.5, 0.6) is 0 Å². The first-order valence-electron chi connectivity index (χ1n) is 21.0. The van der Waals surface area contributed by atoms with Crippen molar-refractivity contribution >= 4 is 30.1 Å². The Morgan fingerprint density at radius 1 is 0.500 bits per heavy atom. The summed E-state index contributed by atoms with van der Waals surface area (Å²) in [4.78, 5) is 0. The van der Waals surface area contributed by atoms with Crippen molar-refractivity contribution in [1.82, 2.24) is 0 Å². The van der Waals surface area contributed by atoms with Crippen LogP contribution in [-0.2, 0) is 21.7 Å². The summed E-state index contributed by atoms with van der Waals surface area (Å²) in [6, 6.07) is 10.2. The third-order valence-corrected chi connectivity index (χ3v) is 13.2. The molecule has 294 valence electrons. The number of hydrogen-bond acceptors (Lipinski definition) is 3. The van der Waals surface area contributed by atoms with Crippen molar-refractivity contribution in [2.45, 2.75) is 228 Å². The van der Waals surface area contributed by atoms with Gasteiger partial charge in [-0.15, -0.1) is 0 Å². The highest BCUT2D eigenvalue weighted by molar-refractivity contribution is 7.39. The lowest BCUT2D eigenvalue weighted by Crippen LogP contribution is -2.50. The first-order valence-corrected chi connectivity index (χ1v) is 22.2. The van der Waals surface area contributed by atoms with Gasteiger partial charge in [0, 0.05) is 33.5 Å². The monoisotopic (exact) mass is 734 g/mol. The number of rotatable bonds is 4. The largest absolute Gasteiger partial charge is 0.407 e. The van der Waals surface area contributed by atoms with Crippen LogP contribution in [0, 0.1) is 5.41 Å². The maximum absolute atomic E-state index is 7.72. The van der Waals surface area contributed by atoms with E-state index in [0.717, 1.165) is 17.6 Å². The van der Waals surface area contributed by atoms with E-state index in [2.05, 4.69) is 147 Å². The molecule has 1 saturated carbocycles. The molecule has 0 atom stereocenters. The second-order valence-corrected chi connectivity index (χ2v) is 23.8. The zero-order valence-electron chi connectivity index (χ0n) is 37.1. The molecule has 0 unspecified atom stereocenters. The Hall–Kier alpha value is -1.70. The molecule has 0 radical (unpaired) electrons. The number of fused-ring (bicyclic) bond motifs is 3. The summed E-state index contributed by atoms with van der Waals surface area (Å²) in [7, 11) is -1.52. The van der Waals surface area contributed by atoms with Crippen LogP contribution >= 0.6 is 8.16 Å². The van der Waals surface area contributed by atoms with Crippen LogP contribution in [-0.4, -0.2) is 11.6 Å². The standard InChI is InChI=1S/C48H80NO2P/c1-43(2,3)33-48(16,17)49(36-27-25-23-21-19-18-20-22-24-26-28-36)52-50-41-37(29-34(44(4,5)6)31-39(41)46(10,11)12)38-30-35(45(7,8)9)32-40(42(38)51-52)47(13,14)15/h29-32,36H,18-28,33H2,1-17H3. The molecule has 0 bridgehead atoms. The molecular formula is C48H80NO2P. The lowest BCUT2D eigenvalue weighted by molar-refractivity contribution is 0.257. The van der Waals surface area contributed by atoms with Gasteiger partial charge in [-0.05, 0) is 83.4 Å². The topological polar surface area (TPSA) is 29.5 Å². The highest BCUT2D eigenvalue weighted by Gasteiger charge is 2.40. The van der Waals surface area contributed by atoms with E-state index in [9.17, 15) is 0 Å². The number of nitrogens with zero attached hydrogens (tertiary/aromatic N) is 1. The molecule has 1 heterocycles.